The van der Waals surface area contributed by atoms with Crippen LogP contribution in [-0.4, -0.2) is 81.2 Å². The van der Waals surface area contributed by atoms with Crippen molar-refractivity contribution in [1.82, 2.24) is 5.32 Å². The normalized spacial score (nSPS) is 16.8. The summed E-state index contributed by atoms with van der Waals surface area (Å²) in [5.41, 5.74) is 2.47. The van der Waals surface area contributed by atoms with Crippen LogP contribution in [0.15, 0.2) is 47.6 Å². The highest BCUT2D eigenvalue weighted by molar-refractivity contribution is 5.87. The van der Waals surface area contributed by atoms with Crippen molar-refractivity contribution in [3.8, 4) is 0 Å². The van der Waals surface area contributed by atoms with Crippen LogP contribution in [0.3, 0.4) is 0 Å². The van der Waals surface area contributed by atoms with Gasteiger partial charge in [-0.3, -0.25) is 0 Å². The summed E-state index contributed by atoms with van der Waals surface area (Å²) < 4.78 is 20.7. The summed E-state index contributed by atoms with van der Waals surface area (Å²) in [6.07, 6.45) is 2.45. The Balaban J connectivity index is 2.61. The fourth-order valence-corrected chi connectivity index (χ4v) is 3.18. The van der Waals surface area contributed by atoms with Crippen LogP contribution in [0.1, 0.15) is 41.0 Å². The summed E-state index contributed by atoms with van der Waals surface area (Å²) in [7, 11) is 3.50. The van der Waals surface area contributed by atoms with E-state index in [9.17, 15) is 19.2 Å². The Labute approximate surface area is 219 Å². The Morgan fingerprint density at radius 3 is 2.03 bits per heavy atom. The maximum absolute atomic E-state index is 12.8. The minimum atomic E-state index is -0.630. The average molecular weight is 522 g/mol. The molecule has 0 radical (unpaired) electrons. The highest BCUT2D eigenvalue weighted by Gasteiger charge is 2.33. The second-order valence-corrected chi connectivity index (χ2v) is 10.00. The second kappa shape index (κ2) is 14.4. The molecule has 0 aromatic carbocycles. The van der Waals surface area contributed by atoms with Gasteiger partial charge in [-0.2, -0.15) is 4.79 Å². The molecule has 10 heteroatoms. The van der Waals surface area contributed by atoms with Gasteiger partial charge in [-0.15, -0.1) is 0 Å². The Morgan fingerprint density at radius 2 is 1.51 bits per heavy atom. The molecule has 0 saturated heterocycles. The van der Waals surface area contributed by atoms with Crippen molar-refractivity contribution >= 4 is 24.1 Å². The van der Waals surface area contributed by atoms with E-state index in [1.54, 1.807) is 34.9 Å². The number of alkyl carbamates (subject to hydrolysis) is 1. The largest absolute Gasteiger partial charge is 0.516 e. The summed E-state index contributed by atoms with van der Waals surface area (Å²) in [4.78, 5) is 47.9. The minimum Gasteiger partial charge on any atom is -0.458 e. The maximum atomic E-state index is 12.8. The third-order valence-corrected chi connectivity index (χ3v) is 5.45. The fourth-order valence-electron chi connectivity index (χ4n) is 3.18. The van der Waals surface area contributed by atoms with E-state index in [0.29, 0.717) is 6.54 Å². The molecule has 37 heavy (non-hydrogen) atoms. The van der Waals surface area contributed by atoms with Gasteiger partial charge < -0.3 is 24.3 Å². The molecule has 1 aliphatic rings. The lowest BCUT2D eigenvalue weighted by Crippen LogP contribution is -2.49. The zero-order chi connectivity index (χ0) is 28.3. The number of esters is 2. The predicted octanol–water partition coefficient (Wildman–Crippen LogP) is 3.83. The number of nitrogens with one attached hydrogen (secondary N) is 1. The number of ether oxygens (including phenoxy) is 4. The van der Waals surface area contributed by atoms with Crippen LogP contribution >= 0.6 is 0 Å². The molecule has 206 valence electrons. The van der Waals surface area contributed by atoms with Crippen LogP contribution in [0.5, 0.6) is 0 Å². The average Bonchev–Trinajstić information content (AvgIpc) is 2.80. The Kier molecular flexibility index (Phi) is 12.3. The Morgan fingerprint density at radius 1 is 1.00 bits per heavy atom. The van der Waals surface area contributed by atoms with Crippen molar-refractivity contribution in [3.63, 3.8) is 0 Å². The molecule has 1 N–H and O–H groups in total. The van der Waals surface area contributed by atoms with Crippen LogP contribution < -0.4 is 5.32 Å². The van der Waals surface area contributed by atoms with Gasteiger partial charge in [0.05, 0.1) is 14.1 Å². The number of hydrogen-bond donors (Lipinski definition) is 1. The highest BCUT2D eigenvalue weighted by Crippen LogP contribution is 2.26. The standard InChI is InChI=1S/C27H40N2O8/c1-17(2)24(30)34-15-20(6)36-26(32)28-13-22-11-10-19(5)23(12-22)14-29(8,9)27(33)37-21(7)16-35-25(31)18(3)4/h11-12,19-21H,1,3,10,13-16H2,2,4-9H3/p+1. The first-order chi connectivity index (χ1) is 17.1. The first kappa shape index (κ1) is 31.6. The van der Waals surface area contributed by atoms with Crippen molar-refractivity contribution in [1.29, 1.82) is 0 Å². The quantitative estimate of drug-likeness (QED) is 0.178. The summed E-state index contributed by atoms with van der Waals surface area (Å²) in [6, 6.07) is 0. The van der Waals surface area contributed by atoms with Crippen molar-refractivity contribution in [2.24, 2.45) is 5.92 Å². The molecule has 2 amide bonds. The highest BCUT2D eigenvalue weighted by atomic mass is 16.6. The molecule has 0 aromatic rings. The molecule has 1 rings (SSSR count). The molecule has 0 heterocycles. The van der Waals surface area contributed by atoms with Crippen LogP contribution in [-0.2, 0) is 28.5 Å². The zero-order valence-electron chi connectivity index (χ0n) is 23.0. The number of quaternary nitrogens is 1. The van der Waals surface area contributed by atoms with Gasteiger partial charge in [-0.05, 0) is 51.2 Å². The fraction of sp³-hybridized carbons (Fsp3) is 0.556. The molecule has 1 aliphatic carbocycles. The molecule has 0 bridgehead atoms. The van der Waals surface area contributed by atoms with E-state index in [4.69, 9.17) is 18.9 Å². The van der Waals surface area contributed by atoms with Gasteiger partial charge >= 0.3 is 24.1 Å². The molecule has 0 aliphatic heterocycles. The number of amides is 2. The summed E-state index contributed by atoms with van der Waals surface area (Å²) in [5.74, 6) is -0.867. The SMILES string of the molecule is C=C(C)C(=O)OCC(C)OC(=O)NCC1=CCC(C)C(C[N+](C)(C)C(=O)OC(C)COC(=O)C(=C)C)=C1. The number of allylic oxidation sites excluding steroid dienone is 1. The molecular weight excluding hydrogens is 480 g/mol. The van der Waals surface area contributed by atoms with Crippen molar-refractivity contribution < 1.29 is 42.6 Å². The maximum Gasteiger partial charge on any atom is 0.516 e. The van der Waals surface area contributed by atoms with E-state index in [0.717, 1.165) is 17.6 Å². The van der Waals surface area contributed by atoms with E-state index in [1.807, 2.05) is 12.2 Å². The number of nitrogens with zero attached hydrogens (tertiary/aromatic N) is 1. The third kappa shape index (κ3) is 11.5. The smallest absolute Gasteiger partial charge is 0.458 e. The van der Waals surface area contributed by atoms with Crippen molar-refractivity contribution in [2.75, 3.05) is 40.4 Å². The van der Waals surface area contributed by atoms with Gasteiger partial charge in [-0.25, -0.2) is 18.9 Å². The molecule has 0 fully saturated rings. The lowest BCUT2D eigenvalue weighted by atomic mass is 9.89. The number of likely N-dealkylation sites (N-methyl/N-ethyl adjacent to an activating group) is 1. The molecule has 3 unspecified atom stereocenters. The number of carbonyl (C=O) groups excluding carboxylic acids is 4. The van der Waals surface area contributed by atoms with Gasteiger partial charge in [-0.1, -0.05) is 32.2 Å². The van der Waals surface area contributed by atoms with Gasteiger partial charge in [0.1, 0.15) is 32.0 Å². The second-order valence-electron chi connectivity index (χ2n) is 10.00. The van der Waals surface area contributed by atoms with Gasteiger partial charge in [0.25, 0.3) is 0 Å². The molecular formula is C27H41N2O8+. The van der Waals surface area contributed by atoms with Gasteiger partial charge in [0.2, 0.25) is 0 Å². The van der Waals surface area contributed by atoms with Crippen LogP contribution in [0, 0.1) is 5.92 Å². The zero-order valence-corrected chi connectivity index (χ0v) is 23.0. The molecule has 0 saturated carbocycles. The lowest BCUT2D eigenvalue weighted by Gasteiger charge is -2.30. The topological polar surface area (TPSA) is 117 Å². The van der Waals surface area contributed by atoms with Crippen molar-refractivity contribution in [2.45, 2.75) is 53.2 Å². The van der Waals surface area contributed by atoms with Crippen molar-refractivity contribution in [3.05, 3.63) is 47.6 Å². The molecule has 0 aromatic heterocycles. The van der Waals surface area contributed by atoms with E-state index >= 15 is 0 Å². The first-order valence-corrected chi connectivity index (χ1v) is 12.2. The Hall–Kier alpha value is -3.40. The molecule has 0 spiro atoms. The lowest BCUT2D eigenvalue weighted by molar-refractivity contribution is -0.812. The summed E-state index contributed by atoms with van der Waals surface area (Å²) >= 11 is 0. The third-order valence-electron chi connectivity index (χ3n) is 5.45. The van der Waals surface area contributed by atoms with Crippen LogP contribution in [0.25, 0.3) is 0 Å². The summed E-state index contributed by atoms with van der Waals surface area (Å²) in [5, 5.41) is 2.70. The number of rotatable bonds is 12. The van der Waals surface area contributed by atoms with E-state index in [-0.39, 0.29) is 41.3 Å². The Bertz CT molecular complexity index is 963. The monoisotopic (exact) mass is 521 g/mol. The summed E-state index contributed by atoms with van der Waals surface area (Å²) in [6.45, 7) is 16.0. The first-order valence-electron chi connectivity index (χ1n) is 12.2. The van der Waals surface area contributed by atoms with E-state index < -0.39 is 36.3 Å². The van der Waals surface area contributed by atoms with E-state index in [2.05, 4.69) is 25.4 Å². The van der Waals surface area contributed by atoms with E-state index in [1.165, 1.54) is 6.92 Å². The molecule has 10 nitrogen and oxygen atoms in total. The number of hydrogen-bond acceptors (Lipinski definition) is 8. The molecule has 3 atom stereocenters. The van der Waals surface area contributed by atoms with Crippen LogP contribution in [0.2, 0.25) is 0 Å². The predicted molar refractivity (Wildman–Crippen MR) is 138 cm³/mol. The van der Waals surface area contributed by atoms with Crippen LogP contribution in [0.4, 0.5) is 9.59 Å². The number of carbonyl (C=O) groups is 4. The van der Waals surface area contributed by atoms with Gasteiger partial charge in [0, 0.05) is 17.7 Å². The van der Waals surface area contributed by atoms with Gasteiger partial charge in [0.15, 0.2) is 0 Å². The minimum absolute atomic E-state index is 0.0554.